The van der Waals surface area contributed by atoms with Crippen LogP contribution in [0.5, 0.6) is 0 Å². The van der Waals surface area contributed by atoms with Crippen molar-refractivity contribution in [2.45, 2.75) is 6.61 Å². The van der Waals surface area contributed by atoms with Crippen LogP contribution in [0, 0.1) is 5.21 Å². The van der Waals surface area contributed by atoms with Crippen LogP contribution in [-0.4, -0.2) is 15.2 Å². The van der Waals surface area contributed by atoms with Gasteiger partial charge in [-0.05, 0) is 35.4 Å². The van der Waals surface area contributed by atoms with Crippen molar-refractivity contribution in [2.24, 2.45) is 0 Å². The van der Waals surface area contributed by atoms with Crippen molar-refractivity contribution in [2.75, 3.05) is 0 Å². The van der Waals surface area contributed by atoms with Crippen molar-refractivity contribution in [1.29, 1.82) is 0 Å². The van der Waals surface area contributed by atoms with Gasteiger partial charge in [0.25, 0.3) is 5.69 Å². The Hall–Kier alpha value is -3.03. The van der Waals surface area contributed by atoms with E-state index in [9.17, 15) is 10.3 Å². The van der Waals surface area contributed by atoms with Crippen molar-refractivity contribution >= 4 is 11.3 Å². The number of thiophene rings is 1. The highest BCUT2D eigenvalue weighted by Gasteiger charge is 2.18. The van der Waals surface area contributed by atoms with Crippen LogP contribution in [0.2, 0.25) is 0 Å². The highest BCUT2D eigenvalue weighted by molar-refractivity contribution is 7.18. The highest BCUT2D eigenvalue weighted by Crippen LogP contribution is 2.34. The van der Waals surface area contributed by atoms with Gasteiger partial charge in [-0.25, -0.2) is 0 Å². The van der Waals surface area contributed by atoms with E-state index in [-0.39, 0.29) is 12.5 Å². The summed E-state index contributed by atoms with van der Waals surface area (Å²) in [5.41, 5.74) is 2.19. The summed E-state index contributed by atoms with van der Waals surface area (Å²) in [5, 5.41) is 25.0. The Labute approximate surface area is 147 Å². The Morgan fingerprint density at radius 3 is 2.80 bits per heavy atom. The van der Waals surface area contributed by atoms with Gasteiger partial charge in [-0.15, -0.1) is 11.3 Å². The predicted molar refractivity (Wildman–Crippen MR) is 93.4 cm³/mol. The number of hydrogen-bond donors (Lipinski definition) is 1. The number of rotatable bonds is 4. The third-order valence-corrected chi connectivity index (χ3v) is 4.82. The van der Waals surface area contributed by atoms with Crippen molar-refractivity contribution in [3.05, 3.63) is 71.6 Å². The predicted octanol–water partition coefficient (Wildman–Crippen LogP) is 3.26. The summed E-state index contributed by atoms with van der Waals surface area (Å²) in [6.07, 6.45) is 1.39. The molecule has 3 heterocycles. The second-order valence-corrected chi connectivity index (χ2v) is 6.44. The summed E-state index contributed by atoms with van der Waals surface area (Å²) in [6, 6.07) is 16.6. The van der Waals surface area contributed by atoms with Crippen LogP contribution in [0.15, 0.2) is 65.3 Å². The van der Waals surface area contributed by atoms with Crippen LogP contribution in [0.3, 0.4) is 0 Å². The lowest BCUT2D eigenvalue weighted by molar-refractivity contribution is -0.594. The molecule has 0 radical (unpaired) electrons. The van der Waals surface area contributed by atoms with E-state index in [1.54, 1.807) is 18.2 Å². The SMILES string of the molecule is [O-][n+]1ccccc1-c1nc(-c2ccc(-c3cccc(CO)c3)s2)no1. The van der Waals surface area contributed by atoms with Crippen molar-refractivity contribution < 1.29 is 14.4 Å². The van der Waals surface area contributed by atoms with Crippen molar-refractivity contribution in [1.82, 2.24) is 10.1 Å². The third-order valence-electron chi connectivity index (χ3n) is 3.69. The largest absolute Gasteiger partial charge is 0.618 e. The second kappa shape index (κ2) is 6.46. The summed E-state index contributed by atoms with van der Waals surface area (Å²) >= 11 is 1.52. The van der Waals surface area contributed by atoms with Gasteiger partial charge in [-0.3, -0.25) is 0 Å². The van der Waals surface area contributed by atoms with E-state index in [0.717, 1.165) is 20.9 Å². The number of aromatic nitrogens is 3. The van der Waals surface area contributed by atoms with Gasteiger partial charge in [-0.2, -0.15) is 9.71 Å². The van der Waals surface area contributed by atoms with Gasteiger partial charge < -0.3 is 14.8 Å². The maximum Gasteiger partial charge on any atom is 0.324 e. The molecule has 0 aliphatic carbocycles. The lowest BCUT2D eigenvalue weighted by atomic mass is 10.1. The number of nitrogens with zero attached hydrogens (tertiary/aromatic N) is 3. The van der Waals surface area contributed by atoms with Gasteiger partial charge in [0.15, 0.2) is 6.20 Å². The quantitative estimate of drug-likeness (QED) is 0.450. The average molecular weight is 351 g/mol. The van der Waals surface area contributed by atoms with E-state index in [4.69, 9.17) is 4.52 Å². The molecule has 0 saturated heterocycles. The van der Waals surface area contributed by atoms with Crippen LogP contribution >= 0.6 is 11.3 Å². The van der Waals surface area contributed by atoms with Crippen LogP contribution < -0.4 is 4.73 Å². The molecule has 0 unspecified atom stereocenters. The zero-order valence-electron chi connectivity index (χ0n) is 13.0. The molecule has 0 bridgehead atoms. The van der Waals surface area contributed by atoms with E-state index in [2.05, 4.69) is 10.1 Å². The van der Waals surface area contributed by atoms with Gasteiger partial charge in [-0.1, -0.05) is 23.4 Å². The zero-order valence-corrected chi connectivity index (χ0v) is 13.8. The van der Waals surface area contributed by atoms with Crippen LogP contribution in [0.1, 0.15) is 5.56 Å². The summed E-state index contributed by atoms with van der Waals surface area (Å²) < 4.78 is 5.92. The molecule has 0 saturated carbocycles. The van der Waals surface area contributed by atoms with E-state index < -0.39 is 0 Å². The number of aliphatic hydroxyl groups excluding tert-OH is 1. The summed E-state index contributed by atoms with van der Waals surface area (Å²) in [4.78, 5) is 6.20. The monoisotopic (exact) mass is 351 g/mol. The minimum atomic E-state index is 0.00649. The first-order chi connectivity index (χ1) is 12.2. The third kappa shape index (κ3) is 3.02. The molecule has 1 N–H and O–H groups in total. The fraction of sp³-hybridized carbons (Fsp3) is 0.0556. The molecule has 7 heteroatoms. The molecule has 1 aromatic carbocycles. The Bertz CT molecular complexity index is 1030. The molecule has 3 aromatic heterocycles. The second-order valence-electron chi connectivity index (χ2n) is 5.36. The minimum Gasteiger partial charge on any atom is -0.618 e. The molecule has 4 rings (SSSR count). The summed E-state index contributed by atoms with van der Waals surface area (Å²) in [6.45, 7) is 0.00649. The smallest absolute Gasteiger partial charge is 0.324 e. The topological polar surface area (TPSA) is 86.1 Å². The number of hydrogen-bond acceptors (Lipinski definition) is 6. The lowest BCUT2D eigenvalue weighted by Crippen LogP contribution is -2.27. The molecule has 0 atom stereocenters. The molecule has 6 nitrogen and oxygen atoms in total. The van der Waals surface area contributed by atoms with Gasteiger partial charge >= 0.3 is 5.89 Å². The van der Waals surface area contributed by atoms with Crippen LogP contribution in [0.25, 0.3) is 32.7 Å². The van der Waals surface area contributed by atoms with E-state index in [1.165, 1.54) is 17.5 Å². The summed E-state index contributed by atoms with van der Waals surface area (Å²) in [7, 11) is 0. The molecule has 25 heavy (non-hydrogen) atoms. The maximum absolute atomic E-state index is 11.8. The first kappa shape index (κ1) is 15.5. The number of aliphatic hydroxyl groups is 1. The Morgan fingerprint density at radius 2 is 1.96 bits per heavy atom. The van der Waals surface area contributed by atoms with Crippen LogP contribution in [-0.2, 0) is 6.61 Å². The minimum absolute atomic E-state index is 0.00649. The van der Waals surface area contributed by atoms with E-state index >= 15 is 0 Å². The Balaban J connectivity index is 1.66. The van der Waals surface area contributed by atoms with E-state index in [0.29, 0.717) is 16.2 Å². The number of pyridine rings is 1. The van der Waals surface area contributed by atoms with Gasteiger partial charge in [0.2, 0.25) is 5.82 Å². The zero-order chi connectivity index (χ0) is 17.2. The average Bonchev–Trinajstić information content (AvgIpc) is 3.31. The molecule has 0 aliphatic rings. The lowest BCUT2D eigenvalue weighted by Gasteiger charge is -2.00. The van der Waals surface area contributed by atoms with E-state index in [1.807, 2.05) is 36.4 Å². The fourth-order valence-electron chi connectivity index (χ4n) is 2.46. The molecule has 0 spiro atoms. The Morgan fingerprint density at radius 1 is 1.08 bits per heavy atom. The highest BCUT2D eigenvalue weighted by atomic mass is 32.1. The van der Waals surface area contributed by atoms with Crippen molar-refractivity contribution in [3.63, 3.8) is 0 Å². The van der Waals surface area contributed by atoms with Crippen molar-refractivity contribution in [3.8, 4) is 32.7 Å². The fourth-order valence-corrected chi connectivity index (χ4v) is 3.39. The first-order valence-corrected chi connectivity index (χ1v) is 8.39. The molecule has 0 fully saturated rings. The maximum atomic E-state index is 11.8. The van der Waals surface area contributed by atoms with Crippen LogP contribution in [0.4, 0.5) is 0 Å². The molecular weight excluding hydrogens is 338 g/mol. The molecule has 4 aromatic rings. The summed E-state index contributed by atoms with van der Waals surface area (Å²) in [5.74, 6) is 0.622. The molecule has 0 amide bonds. The Kier molecular flexibility index (Phi) is 4.01. The molecule has 0 aliphatic heterocycles. The van der Waals surface area contributed by atoms with Gasteiger partial charge in [0.05, 0.1) is 11.5 Å². The first-order valence-electron chi connectivity index (χ1n) is 7.57. The van der Waals surface area contributed by atoms with Gasteiger partial charge in [0.1, 0.15) is 0 Å². The molecular formula is C18H13N3O3S. The molecule has 124 valence electrons. The standard InChI is InChI=1S/C18H13N3O3S/c22-11-12-4-3-5-13(10-12)15-7-8-16(25-15)17-19-18(24-20-17)14-6-1-2-9-21(14)23/h1-10,22H,11H2. The van der Waals surface area contributed by atoms with Gasteiger partial charge in [0, 0.05) is 17.0 Å². The normalized spacial score (nSPS) is 10.9. The number of benzene rings is 1.